The zero-order chi connectivity index (χ0) is 8.27. The van der Waals surface area contributed by atoms with Gasteiger partial charge in [0.05, 0.1) is 6.20 Å². The molecule has 4 nitrogen and oxygen atoms in total. The molecule has 0 saturated carbocycles. The van der Waals surface area contributed by atoms with Crippen molar-refractivity contribution in [3.63, 3.8) is 0 Å². The fourth-order valence-electron chi connectivity index (χ4n) is 0.513. The van der Waals surface area contributed by atoms with Gasteiger partial charge in [0.25, 0.3) is 5.91 Å². The maximum Gasteiger partial charge on any atom is 0.315 e. The fourth-order valence-corrected chi connectivity index (χ4v) is 0.513. The van der Waals surface area contributed by atoms with E-state index in [0.717, 1.165) is 0 Å². The second kappa shape index (κ2) is 3.09. The Labute approximate surface area is 60.6 Å². The SMILES string of the molecule is O=C(Nc1ccn[nH]1)C(F)F. The molecule has 0 aromatic carbocycles. The summed E-state index contributed by atoms with van der Waals surface area (Å²) in [6, 6.07) is 1.38. The minimum absolute atomic E-state index is 0.162. The van der Waals surface area contributed by atoms with Gasteiger partial charge in [-0.1, -0.05) is 0 Å². The van der Waals surface area contributed by atoms with Crippen LogP contribution in [0.15, 0.2) is 12.3 Å². The lowest BCUT2D eigenvalue weighted by Gasteiger charge is -1.98. The zero-order valence-corrected chi connectivity index (χ0v) is 5.34. The van der Waals surface area contributed by atoms with Gasteiger partial charge in [-0.3, -0.25) is 9.89 Å². The number of nitrogens with one attached hydrogen (secondary N) is 2. The lowest BCUT2D eigenvalue weighted by Crippen LogP contribution is -2.20. The molecule has 0 atom stereocenters. The third-order valence-electron chi connectivity index (χ3n) is 0.957. The first-order valence-corrected chi connectivity index (χ1v) is 2.78. The second-order valence-electron chi connectivity index (χ2n) is 1.76. The van der Waals surface area contributed by atoms with E-state index in [1.54, 1.807) is 0 Å². The van der Waals surface area contributed by atoms with E-state index >= 15 is 0 Å². The quantitative estimate of drug-likeness (QED) is 0.667. The smallest absolute Gasteiger partial charge is 0.306 e. The number of alkyl halides is 2. The molecular formula is C5H5F2N3O. The molecule has 0 fully saturated rings. The van der Waals surface area contributed by atoms with Crippen molar-refractivity contribution < 1.29 is 13.6 Å². The number of carbonyl (C=O) groups is 1. The second-order valence-corrected chi connectivity index (χ2v) is 1.76. The fraction of sp³-hybridized carbons (Fsp3) is 0.200. The van der Waals surface area contributed by atoms with Crippen LogP contribution in [-0.4, -0.2) is 22.5 Å². The van der Waals surface area contributed by atoms with Gasteiger partial charge in [0.2, 0.25) is 0 Å². The summed E-state index contributed by atoms with van der Waals surface area (Å²) in [7, 11) is 0. The molecule has 1 aromatic rings. The predicted molar refractivity (Wildman–Crippen MR) is 33.2 cm³/mol. The molecule has 0 aliphatic carbocycles. The van der Waals surface area contributed by atoms with E-state index in [1.165, 1.54) is 12.3 Å². The lowest BCUT2D eigenvalue weighted by atomic mass is 10.5. The molecule has 1 heterocycles. The van der Waals surface area contributed by atoms with Gasteiger partial charge in [0.1, 0.15) is 5.82 Å². The van der Waals surface area contributed by atoms with Crippen LogP contribution in [-0.2, 0) is 4.79 Å². The van der Waals surface area contributed by atoms with Crippen LogP contribution in [0, 0.1) is 0 Å². The van der Waals surface area contributed by atoms with Gasteiger partial charge in [0, 0.05) is 6.07 Å². The number of hydrogen-bond donors (Lipinski definition) is 2. The maximum absolute atomic E-state index is 11.6. The summed E-state index contributed by atoms with van der Waals surface area (Å²) < 4.78 is 23.1. The molecule has 1 aromatic heterocycles. The minimum Gasteiger partial charge on any atom is -0.306 e. The number of amides is 1. The topological polar surface area (TPSA) is 57.8 Å². The van der Waals surface area contributed by atoms with Crippen molar-refractivity contribution in [2.45, 2.75) is 6.43 Å². The molecule has 6 heteroatoms. The Morgan fingerprint density at radius 2 is 2.45 bits per heavy atom. The summed E-state index contributed by atoms with van der Waals surface area (Å²) >= 11 is 0. The summed E-state index contributed by atoms with van der Waals surface area (Å²) in [5.74, 6) is -1.18. The lowest BCUT2D eigenvalue weighted by molar-refractivity contribution is -0.126. The summed E-state index contributed by atoms with van der Waals surface area (Å²) in [4.78, 5) is 10.3. The first kappa shape index (κ1) is 7.64. The molecule has 0 radical (unpaired) electrons. The monoisotopic (exact) mass is 161 g/mol. The highest BCUT2D eigenvalue weighted by molar-refractivity contribution is 5.92. The van der Waals surface area contributed by atoms with E-state index in [2.05, 4.69) is 10.2 Å². The molecular weight excluding hydrogens is 156 g/mol. The Morgan fingerprint density at radius 3 is 2.91 bits per heavy atom. The molecule has 1 rings (SSSR count). The Balaban J connectivity index is 2.50. The molecule has 0 spiro atoms. The normalized spacial score (nSPS) is 10.1. The first-order valence-electron chi connectivity index (χ1n) is 2.78. The summed E-state index contributed by atoms with van der Waals surface area (Å²) in [5, 5.41) is 7.67. The molecule has 1 amide bonds. The molecule has 0 bridgehead atoms. The molecule has 0 aliphatic heterocycles. The zero-order valence-electron chi connectivity index (χ0n) is 5.34. The highest BCUT2D eigenvalue weighted by atomic mass is 19.3. The maximum atomic E-state index is 11.6. The van der Waals surface area contributed by atoms with Crippen molar-refractivity contribution in [2.24, 2.45) is 0 Å². The van der Waals surface area contributed by atoms with Crippen LogP contribution < -0.4 is 5.32 Å². The van der Waals surface area contributed by atoms with Crippen LogP contribution in [0.2, 0.25) is 0 Å². The Morgan fingerprint density at radius 1 is 1.73 bits per heavy atom. The van der Waals surface area contributed by atoms with Crippen LogP contribution in [0.3, 0.4) is 0 Å². The molecule has 0 saturated heterocycles. The van der Waals surface area contributed by atoms with Crippen LogP contribution in [0.25, 0.3) is 0 Å². The van der Waals surface area contributed by atoms with Crippen LogP contribution in [0.1, 0.15) is 0 Å². The van der Waals surface area contributed by atoms with Crippen LogP contribution in [0.5, 0.6) is 0 Å². The average molecular weight is 161 g/mol. The van der Waals surface area contributed by atoms with Crippen molar-refractivity contribution in [2.75, 3.05) is 5.32 Å². The third kappa shape index (κ3) is 1.99. The molecule has 2 N–H and O–H groups in total. The van der Waals surface area contributed by atoms with E-state index in [0.29, 0.717) is 0 Å². The van der Waals surface area contributed by atoms with Crippen LogP contribution in [0.4, 0.5) is 14.6 Å². The number of carbonyl (C=O) groups excluding carboxylic acids is 1. The van der Waals surface area contributed by atoms with E-state index in [4.69, 9.17) is 0 Å². The number of aromatic amines is 1. The summed E-state index contributed by atoms with van der Waals surface area (Å²) in [6.07, 6.45) is -1.65. The van der Waals surface area contributed by atoms with E-state index < -0.39 is 12.3 Å². The molecule has 11 heavy (non-hydrogen) atoms. The number of rotatable bonds is 2. The van der Waals surface area contributed by atoms with Crippen molar-refractivity contribution in [3.05, 3.63) is 12.3 Å². The summed E-state index contributed by atoms with van der Waals surface area (Å²) in [5.41, 5.74) is 0. The highest BCUT2D eigenvalue weighted by Gasteiger charge is 2.14. The molecule has 60 valence electrons. The van der Waals surface area contributed by atoms with Gasteiger partial charge in [-0.15, -0.1) is 0 Å². The van der Waals surface area contributed by atoms with Gasteiger partial charge in [-0.2, -0.15) is 13.9 Å². The van der Waals surface area contributed by atoms with E-state index in [-0.39, 0.29) is 5.82 Å². The van der Waals surface area contributed by atoms with Gasteiger partial charge in [-0.25, -0.2) is 0 Å². The van der Waals surface area contributed by atoms with Crippen molar-refractivity contribution in [1.29, 1.82) is 0 Å². The van der Waals surface area contributed by atoms with E-state index in [9.17, 15) is 13.6 Å². The van der Waals surface area contributed by atoms with E-state index in [1.807, 2.05) is 5.32 Å². The highest BCUT2D eigenvalue weighted by Crippen LogP contribution is 2.01. The number of H-pyrrole nitrogens is 1. The number of hydrogen-bond acceptors (Lipinski definition) is 2. The number of aromatic nitrogens is 2. The Kier molecular flexibility index (Phi) is 2.15. The van der Waals surface area contributed by atoms with Crippen molar-refractivity contribution in [3.8, 4) is 0 Å². The molecule has 0 aliphatic rings. The van der Waals surface area contributed by atoms with Gasteiger partial charge in [0.15, 0.2) is 0 Å². The number of nitrogens with zero attached hydrogens (tertiary/aromatic N) is 1. The Hall–Kier alpha value is -1.46. The van der Waals surface area contributed by atoms with Gasteiger partial charge in [-0.05, 0) is 0 Å². The largest absolute Gasteiger partial charge is 0.315 e. The van der Waals surface area contributed by atoms with Crippen molar-refractivity contribution >= 4 is 11.7 Å². The number of halogens is 2. The minimum atomic E-state index is -3.00. The van der Waals surface area contributed by atoms with Crippen molar-refractivity contribution in [1.82, 2.24) is 10.2 Å². The van der Waals surface area contributed by atoms with Crippen LogP contribution >= 0.6 is 0 Å². The number of anilines is 1. The summed E-state index contributed by atoms with van der Waals surface area (Å²) in [6.45, 7) is 0. The standard InChI is InChI=1S/C5H5F2N3O/c6-4(7)5(11)9-3-1-2-8-10-3/h1-2,4H,(H2,8,9,10,11). The predicted octanol–water partition coefficient (Wildman–Crippen LogP) is 0.613. The Bertz CT molecular complexity index is 234. The average Bonchev–Trinajstić information content (AvgIpc) is 2.39. The van der Waals surface area contributed by atoms with Gasteiger partial charge < -0.3 is 5.32 Å². The third-order valence-corrected chi connectivity index (χ3v) is 0.957. The molecule has 0 unspecified atom stereocenters. The first-order chi connectivity index (χ1) is 5.20. The van der Waals surface area contributed by atoms with Gasteiger partial charge >= 0.3 is 6.43 Å².